The largest absolute Gasteiger partial charge is 0.379 e. The molecule has 23 heavy (non-hydrogen) atoms. The van der Waals surface area contributed by atoms with Crippen molar-refractivity contribution < 1.29 is 4.74 Å². The molecule has 0 bridgehead atoms. The minimum atomic E-state index is 0.821. The van der Waals surface area contributed by atoms with Gasteiger partial charge in [-0.3, -0.25) is 4.90 Å². The van der Waals surface area contributed by atoms with Crippen LogP contribution >= 0.6 is 0 Å². The molecule has 0 saturated carbocycles. The zero-order valence-corrected chi connectivity index (χ0v) is 14.4. The van der Waals surface area contributed by atoms with Crippen LogP contribution in [-0.4, -0.2) is 67.4 Å². The molecule has 0 amide bonds. The first-order valence-electron chi connectivity index (χ1n) is 8.85. The molecule has 0 aromatic carbocycles. The molecule has 2 fully saturated rings. The van der Waals surface area contributed by atoms with Gasteiger partial charge in [0.05, 0.1) is 13.2 Å². The summed E-state index contributed by atoms with van der Waals surface area (Å²) < 4.78 is 5.38. The van der Waals surface area contributed by atoms with Gasteiger partial charge in [0.2, 0.25) is 5.95 Å². The lowest BCUT2D eigenvalue weighted by molar-refractivity contribution is 0.0398. The van der Waals surface area contributed by atoms with Gasteiger partial charge >= 0.3 is 0 Å². The summed E-state index contributed by atoms with van der Waals surface area (Å²) in [7, 11) is 0. The predicted octanol–water partition coefficient (Wildman–Crippen LogP) is 1.77. The number of nitrogens with one attached hydrogen (secondary N) is 1. The molecule has 2 aliphatic rings. The number of ether oxygens (including phenoxy) is 1. The summed E-state index contributed by atoms with van der Waals surface area (Å²) in [5.41, 5.74) is 1.03. The smallest absolute Gasteiger partial charge is 0.227 e. The third kappa shape index (κ3) is 4.78. The van der Waals surface area contributed by atoms with Crippen LogP contribution in [-0.2, 0) is 4.74 Å². The predicted molar refractivity (Wildman–Crippen MR) is 93.1 cm³/mol. The summed E-state index contributed by atoms with van der Waals surface area (Å²) in [5, 5.41) is 3.46. The number of morpholine rings is 1. The van der Waals surface area contributed by atoms with Crippen molar-refractivity contribution in [2.24, 2.45) is 5.92 Å². The van der Waals surface area contributed by atoms with Crippen LogP contribution in [0.3, 0.4) is 0 Å². The van der Waals surface area contributed by atoms with Crippen LogP contribution in [0.5, 0.6) is 0 Å². The molecule has 0 atom stereocenters. The molecule has 6 heteroatoms. The van der Waals surface area contributed by atoms with E-state index in [1.165, 1.54) is 12.8 Å². The summed E-state index contributed by atoms with van der Waals surface area (Å²) in [6.45, 7) is 12.2. The van der Waals surface area contributed by atoms with Crippen LogP contribution < -0.4 is 10.2 Å². The number of hydrogen-bond acceptors (Lipinski definition) is 6. The number of anilines is 2. The average Bonchev–Trinajstić information content (AvgIpc) is 2.56. The first-order valence-corrected chi connectivity index (χ1v) is 8.85. The van der Waals surface area contributed by atoms with Gasteiger partial charge in [0, 0.05) is 51.0 Å². The quantitative estimate of drug-likeness (QED) is 0.893. The van der Waals surface area contributed by atoms with Crippen molar-refractivity contribution in [3.05, 3.63) is 11.8 Å². The van der Waals surface area contributed by atoms with Gasteiger partial charge in [0.15, 0.2) is 0 Å². The number of aryl methyl sites for hydroxylation is 1. The Morgan fingerprint density at radius 2 is 1.91 bits per heavy atom. The van der Waals surface area contributed by atoms with E-state index in [0.29, 0.717) is 0 Å². The third-order valence-corrected chi connectivity index (χ3v) is 4.75. The van der Waals surface area contributed by atoms with E-state index in [0.717, 1.165) is 75.9 Å². The molecule has 3 rings (SSSR count). The third-order valence-electron chi connectivity index (χ3n) is 4.75. The van der Waals surface area contributed by atoms with Crippen molar-refractivity contribution >= 4 is 11.8 Å². The molecule has 0 aliphatic carbocycles. The Balaban J connectivity index is 1.54. The summed E-state index contributed by atoms with van der Waals surface area (Å²) in [4.78, 5) is 14.1. The highest BCUT2D eigenvalue weighted by Crippen LogP contribution is 2.21. The van der Waals surface area contributed by atoms with E-state index in [-0.39, 0.29) is 0 Å². The maximum atomic E-state index is 5.38. The van der Waals surface area contributed by atoms with E-state index in [1.54, 1.807) is 0 Å². The van der Waals surface area contributed by atoms with E-state index < -0.39 is 0 Å². The number of rotatable bonds is 5. The van der Waals surface area contributed by atoms with Gasteiger partial charge < -0.3 is 15.0 Å². The fraction of sp³-hybridized carbons (Fsp3) is 0.765. The Labute approximate surface area is 139 Å². The lowest BCUT2D eigenvalue weighted by Crippen LogP contribution is -2.39. The van der Waals surface area contributed by atoms with Crippen molar-refractivity contribution in [2.45, 2.75) is 26.7 Å². The standard InChI is InChI=1S/C17H29N5O/c1-14-3-6-22(7-4-14)17-19-15(2)13-16(20-17)18-5-8-21-9-11-23-12-10-21/h13-14H,3-12H2,1-2H3,(H,18,19,20). The lowest BCUT2D eigenvalue weighted by atomic mass is 10.00. The highest BCUT2D eigenvalue weighted by molar-refractivity contribution is 5.43. The number of nitrogens with zero attached hydrogens (tertiary/aromatic N) is 4. The first kappa shape index (κ1) is 16.5. The summed E-state index contributed by atoms with van der Waals surface area (Å²) in [6, 6.07) is 2.04. The molecule has 1 aromatic heterocycles. The first-order chi connectivity index (χ1) is 11.2. The molecule has 6 nitrogen and oxygen atoms in total. The van der Waals surface area contributed by atoms with E-state index in [1.807, 2.05) is 13.0 Å². The van der Waals surface area contributed by atoms with E-state index >= 15 is 0 Å². The SMILES string of the molecule is Cc1cc(NCCN2CCOCC2)nc(N2CCC(C)CC2)n1. The topological polar surface area (TPSA) is 53.5 Å². The van der Waals surface area contributed by atoms with Crippen molar-refractivity contribution in [1.29, 1.82) is 0 Å². The van der Waals surface area contributed by atoms with Gasteiger partial charge in [0.1, 0.15) is 5.82 Å². The molecular weight excluding hydrogens is 290 g/mol. The van der Waals surface area contributed by atoms with Gasteiger partial charge in [-0.25, -0.2) is 4.98 Å². The Morgan fingerprint density at radius 3 is 2.65 bits per heavy atom. The molecule has 0 radical (unpaired) electrons. The fourth-order valence-corrected chi connectivity index (χ4v) is 3.16. The lowest BCUT2D eigenvalue weighted by Gasteiger charge is -2.30. The van der Waals surface area contributed by atoms with Gasteiger partial charge in [0.25, 0.3) is 0 Å². The minimum absolute atomic E-state index is 0.821. The zero-order valence-electron chi connectivity index (χ0n) is 14.4. The highest BCUT2D eigenvalue weighted by Gasteiger charge is 2.18. The van der Waals surface area contributed by atoms with E-state index in [9.17, 15) is 0 Å². The van der Waals surface area contributed by atoms with Crippen molar-refractivity contribution in [3.63, 3.8) is 0 Å². The molecule has 0 spiro atoms. The second-order valence-electron chi connectivity index (χ2n) is 6.74. The second-order valence-corrected chi connectivity index (χ2v) is 6.74. The van der Waals surface area contributed by atoms with Crippen LogP contribution in [0.2, 0.25) is 0 Å². The average molecular weight is 319 g/mol. The van der Waals surface area contributed by atoms with Crippen LogP contribution in [0.4, 0.5) is 11.8 Å². The minimum Gasteiger partial charge on any atom is -0.379 e. The molecule has 2 saturated heterocycles. The van der Waals surface area contributed by atoms with Gasteiger partial charge in [-0.15, -0.1) is 0 Å². The maximum Gasteiger partial charge on any atom is 0.227 e. The molecule has 2 aliphatic heterocycles. The summed E-state index contributed by atoms with van der Waals surface area (Å²) in [5.74, 6) is 2.65. The van der Waals surface area contributed by atoms with E-state index in [4.69, 9.17) is 9.72 Å². The maximum absolute atomic E-state index is 5.38. The normalized spacial score (nSPS) is 20.7. The summed E-state index contributed by atoms with van der Waals surface area (Å²) in [6.07, 6.45) is 2.47. The van der Waals surface area contributed by atoms with Crippen molar-refractivity contribution in [3.8, 4) is 0 Å². The monoisotopic (exact) mass is 319 g/mol. The van der Waals surface area contributed by atoms with Gasteiger partial charge in [-0.05, 0) is 25.7 Å². The second kappa shape index (κ2) is 7.93. The molecule has 3 heterocycles. The van der Waals surface area contributed by atoms with Crippen molar-refractivity contribution in [1.82, 2.24) is 14.9 Å². The fourth-order valence-electron chi connectivity index (χ4n) is 3.16. The number of hydrogen-bond donors (Lipinski definition) is 1. The molecule has 1 aromatic rings. The van der Waals surface area contributed by atoms with Crippen LogP contribution in [0, 0.1) is 12.8 Å². The van der Waals surface area contributed by atoms with Crippen molar-refractivity contribution in [2.75, 3.05) is 62.7 Å². The Bertz CT molecular complexity index is 496. The zero-order chi connectivity index (χ0) is 16.1. The van der Waals surface area contributed by atoms with Crippen LogP contribution in [0.25, 0.3) is 0 Å². The Kier molecular flexibility index (Phi) is 5.67. The molecule has 1 N–H and O–H groups in total. The Morgan fingerprint density at radius 1 is 1.17 bits per heavy atom. The molecular formula is C17H29N5O. The highest BCUT2D eigenvalue weighted by atomic mass is 16.5. The van der Waals surface area contributed by atoms with Crippen LogP contribution in [0.15, 0.2) is 6.07 Å². The summed E-state index contributed by atoms with van der Waals surface area (Å²) >= 11 is 0. The number of aromatic nitrogens is 2. The van der Waals surface area contributed by atoms with Crippen LogP contribution in [0.1, 0.15) is 25.5 Å². The van der Waals surface area contributed by atoms with Gasteiger partial charge in [-0.1, -0.05) is 6.92 Å². The number of piperidine rings is 1. The molecule has 0 unspecified atom stereocenters. The Hall–Kier alpha value is -1.40. The van der Waals surface area contributed by atoms with E-state index in [2.05, 4.69) is 27.0 Å². The van der Waals surface area contributed by atoms with Gasteiger partial charge in [-0.2, -0.15) is 4.98 Å². The molecule has 128 valence electrons.